The molecule has 2 N–H and O–H groups in total. The second kappa shape index (κ2) is 6.00. The third kappa shape index (κ3) is 3.03. The number of hydrogen-bond acceptors (Lipinski definition) is 5. The zero-order chi connectivity index (χ0) is 15.7. The lowest BCUT2D eigenvalue weighted by atomic mass is 10.0. The van der Waals surface area contributed by atoms with Crippen LogP contribution >= 0.6 is 11.3 Å². The largest absolute Gasteiger partial charge is 0.387 e. The molecule has 1 atom stereocenters. The Morgan fingerprint density at radius 3 is 2.95 bits per heavy atom. The van der Waals surface area contributed by atoms with Gasteiger partial charge in [-0.25, -0.2) is 13.1 Å². The van der Waals surface area contributed by atoms with E-state index in [4.69, 9.17) is 0 Å². The van der Waals surface area contributed by atoms with E-state index >= 15 is 0 Å². The topological polar surface area (TPSA) is 69.6 Å². The molecular weight excluding hydrogens is 320 g/mol. The van der Waals surface area contributed by atoms with E-state index in [9.17, 15) is 13.5 Å². The average Bonchev–Trinajstić information content (AvgIpc) is 3.15. The molecule has 1 unspecified atom stereocenters. The predicted molar refractivity (Wildman–Crippen MR) is 87.9 cm³/mol. The van der Waals surface area contributed by atoms with E-state index in [1.807, 2.05) is 25.2 Å². The highest BCUT2D eigenvalue weighted by Crippen LogP contribution is 2.29. The van der Waals surface area contributed by atoms with Gasteiger partial charge in [0.15, 0.2) is 0 Å². The third-order valence-electron chi connectivity index (χ3n) is 3.84. The molecule has 0 saturated carbocycles. The molecule has 5 nitrogen and oxygen atoms in total. The Kier molecular flexibility index (Phi) is 4.22. The number of likely N-dealkylation sites (N-methyl/N-ethyl adjacent to an activating group) is 1. The Hall–Kier alpha value is -1.41. The molecule has 2 heterocycles. The Labute approximate surface area is 134 Å². The van der Waals surface area contributed by atoms with Gasteiger partial charge in [0, 0.05) is 25.8 Å². The van der Waals surface area contributed by atoms with Crippen LogP contribution < -0.4 is 9.62 Å². The highest BCUT2D eigenvalue weighted by Gasteiger charge is 2.20. The molecule has 1 aromatic heterocycles. The van der Waals surface area contributed by atoms with Gasteiger partial charge in [-0.05, 0) is 35.1 Å². The van der Waals surface area contributed by atoms with Crippen molar-refractivity contribution in [2.75, 3.05) is 25.0 Å². The number of thiophene rings is 1. The average molecular weight is 338 g/mol. The lowest BCUT2D eigenvalue weighted by Crippen LogP contribution is -2.28. The van der Waals surface area contributed by atoms with E-state index in [-0.39, 0.29) is 10.8 Å². The van der Waals surface area contributed by atoms with Crippen LogP contribution in [0.2, 0.25) is 0 Å². The van der Waals surface area contributed by atoms with E-state index in [0.29, 0.717) is 0 Å². The van der Waals surface area contributed by atoms with Gasteiger partial charge in [-0.15, -0.1) is 11.3 Å². The third-order valence-corrected chi connectivity index (χ3v) is 6.66. The van der Waals surface area contributed by atoms with Crippen LogP contribution in [0.25, 0.3) is 0 Å². The summed E-state index contributed by atoms with van der Waals surface area (Å²) in [6.07, 6.45) is 0.0961. The maximum Gasteiger partial charge on any atom is 0.250 e. The molecule has 2 aromatic rings. The van der Waals surface area contributed by atoms with Gasteiger partial charge in [0.25, 0.3) is 0 Å². The highest BCUT2D eigenvalue weighted by atomic mass is 32.2. The van der Waals surface area contributed by atoms with Crippen molar-refractivity contribution in [1.82, 2.24) is 4.72 Å². The molecule has 3 rings (SSSR count). The fourth-order valence-electron chi connectivity index (χ4n) is 2.59. The predicted octanol–water partition coefficient (Wildman–Crippen LogP) is 1.75. The first-order valence-corrected chi connectivity index (χ1v) is 9.39. The molecule has 1 aromatic carbocycles. The van der Waals surface area contributed by atoms with E-state index < -0.39 is 16.1 Å². The molecule has 0 bridgehead atoms. The zero-order valence-electron chi connectivity index (χ0n) is 12.2. The standard InChI is InChI=1S/C15H18N2O3S2/c1-17-7-6-11-9-12(4-5-13(11)17)14(18)10-16-22(19,20)15-3-2-8-21-15/h2-5,8-9,14,16,18H,6-7,10H2,1H3. The number of aliphatic hydroxyl groups excluding tert-OH is 1. The molecule has 0 saturated heterocycles. The second-order valence-corrected chi connectivity index (χ2v) is 8.30. The van der Waals surface area contributed by atoms with Gasteiger partial charge in [-0.3, -0.25) is 0 Å². The van der Waals surface area contributed by atoms with Crippen LogP contribution in [0.4, 0.5) is 5.69 Å². The first kappa shape index (κ1) is 15.5. The smallest absolute Gasteiger partial charge is 0.250 e. The minimum Gasteiger partial charge on any atom is -0.387 e. The number of sulfonamides is 1. The summed E-state index contributed by atoms with van der Waals surface area (Å²) in [4.78, 5) is 2.17. The first-order chi connectivity index (χ1) is 10.5. The summed E-state index contributed by atoms with van der Waals surface area (Å²) in [5.41, 5.74) is 3.11. The number of aliphatic hydroxyl groups is 1. The quantitative estimate of drug-likeness (QED) is 0.871. The minimum atomic E-state index is -3.54. The molecule has 118 valence electrons. The normalized spacial score (nSPS) is 15.8. The van der Waals surface area contributed by atoms with Gasteiger partial charge in [0.2, 0.25) is 10.0 Å². The van der Waals surface area contributed by atoms with Gasteiger partial charge in [0.05, 0.1) is 6.10 Å². The SMILES string of the molecule is CN1CCc2cc(C(O)CNS(=O)(=O)c3cccs3)ccc21. The molecule has 0 radical (unpaired) electrons. The van der Waals surface area contributed by atoms with Crippen molar-refractivity contribution in [3.8, 4) is 0 Å². The van der Waals surface area contributed by atoms with Gasteiger partial charge in [0.1, 0.15) is 4.21 Å². The molecule has 1 aliphatic rings. The van der Waals surface area contributed by atoms with Crippen molar-refractivity contribution in [2.45, 2.75) is 16.7 Å². The highest BCUT2D eigenvalue weighted by molar-refractivity contribution is 7.91. The van der Waals surface area contributed by atoms with Gasteiger partial charge >= 0.3 is 0 Å². The molecule has 22 heavy (non-hydrogen) atoms. The fourth-order valence-corrected chi connectivity index (χ4v) is 4.66. The molecule has 1 aliphatic heterocycles. The molecular formula is C15H18N2O3S2. The van der Waals surface area contributed by atoms with Crippen LogP contribution in [0, 0.1) is 0 Å². The number of nitrogens with one attached hydrogen (secondary N) is 1. The summed E-state index contributed by atoms with van der Waals surface area (Å²) in [6, 6.07) is 9.03. The van der Waals surface area contributed by atoms with Crippen LogP contribution in [-0.2, 0) is 16.4 Å². The Balaban J connectivity index is 1.69. The Morgan fingerprint density at radius 2 is 2.23 bits per heavy atom. The summed E-state index contributed by atoms with van der Waals surface area (Å²) in [6.45, 7) is 0.939. The van der Waals surface area contributed by atoms with Gasteiger partial charge in [-0.1, -0.05) is 18.2 Å². The van der Waals surface area contributed by atoms with E-state index in [2.05, 4.69) is 9.62 Å². The molecule has 0 fully saturated rings. The van der Waals surface area contributed by atoms with Crippen molar-refractivity contribution in [3.05, 3.63) is 46.8 Å². The summed E-state index contributed by atoms with van der Waals surface area (Å²) < 4.78 is 26.8. The summed E-state index contributed by atoms with van der Waals surface area (Å²) in [7, 11) is -1.50. The zero-order valence-corrected chi connectivity index (χ0v) is 13.8. The summed E-state index contributed by atoms with van der Waals surface area (Å²) >= 11 is 1.16. The maximum atomic E-state index is 12.0. The lowest BCUT2D eigenvalue weighted by Gasteiger charge is -2.15. The van der Waals surface area contributed by atoms with Crippen molar-refractivity contribution in [2.24, 2.45) is 0 Å². The van der Waals surface area contributed by atoms with Crippen molar-refractivity contribution >= 4 is 27.0 Å². The van der Waals surface area contributed by atoms with Gasteiger partial charge in [-0.2, -0.15) is 0 Å². The van der Waals surface area contributed by atoms with Crippen LogP contribution in [0.3, 0.4) is 0 Å². The van der Waals surface area contributed by atoms with Crippen molar-refractivity contribution in [1.29, 1.82) is 0 Å². The number of nitrogens with zero attached hydrogens (tertiary/aromatic N) is 1. The molecule has 0 aliphatic carbocycles. The lowest BCUT2D eigenvalue weighted by molar-refractivity contribution is 0.182. The number of rotatable bonds is 5. The molecule has 7 heteroatoms. The Bertz CT molecular complexity index is 757. The van der Waals surface area contributed by atoms with Crippen molar-refractivity contribution in [3.63, 3.8) is 0 Å². The van der Waals surface area contributed by atoms with E-state index in [1.165, 1.54) is 11.3 Å². The second-order valence-electron chi connectivity index (χ2n) is 5.36. The monoisotopic (exact) mass is 338 g/mol. The minimum absolute atomic E-state index is 0.0329. The fraction of sp³-hybridized carbons (Fsp3) is 0.333. The van der Waals surface area contributed by atoms with Crippen LogP contribution in [-0.4, -0.2) is 33.7 Å². The van der Waals surface area contributed by atoms with E-state index in [0.717, 1.165) is 29.9 Å². The number of benzene rings is 1. The van der Waals surface area contributed by atoms with E-state index in [1.54, 1.807) is 17.5 Å². The van der Waals surface area contributed by atoms with Gasteiger partial charge < -0.3 is 10.0 Å². The maximum absolute atomic E-state index is 12.0. The van der Waals surface area contributed by atoms with Crippen LogP contribution in [0.15, 0.2) is 39.9 Å². The molecule has 0 spiro atoms. The summed E-state index contributed by atoms with van der Waals surface area (Å²) in [5, 5.41) is 12.0. The Morgan fingerprint density at radius 1 is 1.41 bits per heavy atom. The number of anilines is 1. The number of hydrogen-bond donors (Lipinski definition) is 2. The van der Waals surface area contributed by atoms with Crippen molar-refractivity contribution < 1.29 is 13.5 Å². The molecule has 0 amide bonds. The summed E-state index contributed by atoms with van der Waals surface area (Å²) in [5.74, 6) is 0. The van der Waals surface area contributed by atoms with Crippen LogP contribution in [0.5, 0.6) is 0 Å². The van der Waals surface area contributed by atoms with Crippen LogP contribution in [0.1, 0.15) is 17.2 Å². The number of fused-ring (bicyclic) bond motifs is 1. The first-order valence-electron chi connectivity index (χ1n) is 7.02.